The zero-order valence-electron chi connectivity index (χ0n) is 15.4. The van der Waals surface area contributed by atoms with Crippen LogP contribution >= 0.6 is 0 Å². The Morgan fingerprint density at radius 2 is 1.96 bits per heavy atom. The Kier molecular flexibility index (Phi) is 4.38. The highest BCUT2D eigenvalue weighted by Gasteiger charge is 2.37. The summed E-state index contributed by atoms with van der Waals surface area (Å²) in [5, 5.41) is 17.1. The summed E-state index contributed by atoms with van der Waals surface area (Å²) >= 11 is 0. The van der Waals surface area contributed by atoms with Gasteiger partial charge in [-0.25, -0.2) is 0 Å². The number of benzene rings is 2. The lowest BCUT2D eigenvalue weighted by molar-refractivity contribution is 0.375. The van der Waals surface area contributed by atoms with Gasteiger partial charge in [0.1, 0.15) is 23.1 Å². The summed E-state index contributed by atoms with van der Waals surface area (Å²) < 4.78 is 16.5. The van der Waals surface area contributed by atoms with Crippen molar-refractivity contribution in [2.45, 2.75) is 5.92 Å². The van der Waals surface area contributed by atoms with E-state index in [0.29, 0.717) is 23.0 Å². The molecule has 0 saturated carbocycles. The molecule has 1 atom stereocenters. The molecule has 28 heavy (non-hydrogen) atoms. The van der Waals surface area contributed by atoms with Crippen LogP contribution in [-0.4, -0.2) is 24.4 Å². The summed E-state index contributed by atoms with van der Waals surface area (Å²) in [7, 11) is 3.20. The second kappa shape index (κ2) is 7.00. The average molecular weight is 374 g/mol. The number of nitrogens with one attached hydrogen (secondary N) is 1. The molecule has 140 valence electrons. The zero-order chi connectivity index (χ0) is 19.7. The molecule has 0 bridgehead atoms. The number of hydrogen-bond donors (Lipinski definition) is 2. The quantitative estimate of drug-likeness (QED) is 0.726. The van der Waals surface area contributed by atoms with Crippen LogP contribution in [0.1, 0.15) is 17.0 Å². The molecule has 0 spiro atoms. The number of nitriles is 1. The fourth-order valence-electron chi connectivity index (χ4n) is 3.46. The van der Waals surface area contributed by atoms with E-state index in [1.807, 2.05) is 48.5 Å². The van der Waals surface area contributed by atoms with Crippen LogP contribution in [0.25, 0.3) is 11.3 Å². The van der Waals surface area contributed by atoms with Crippen LogP contribution < -0.4 is 19.9 Å². The first-order valence-corrected chi connectivity index (χ1v) is 8.61. The average Bonchev–Trinajstić information content (AvgIpc) is 3.16. The number of H-pyrrole nitrogens is 1. The van der Waals surface area contributed by atoms with Crippen LogP contribution in [0.4, 0.5) is 0 Å². The monoisotopic (exact) mass is 374 g/mol. The number of hydrogen-bond acceptors (Lipinski definition) is 6. The Hall–Kier alpha value is -3.92. The highest BCUT2D eigenvalue weighted by Crippen LogP contribution is 2.47. The number of fused-ring (bicyclic) bond motifs is 1. The Morgan fingerprint density at radius 1 is 1.14 bits per heavy atom. The first-order valence-electron chi connectivity index (χ1n) is 8.61. The first-order chi connectivity index (χ1) is 13.7. The molecule has 4 rings (SSSR count). The third kappa shape index (κ3) is 2.72. The normalized spacial score (nSPS) is 15.4. The van der Waals surface area contributed by atoms with Gasteiger partial charge < -0.3 is 19.9 Å². The van der Waals surface area contributed by atoms with Crippen LogP contribution in [0.2, 0.25) is 0 Å². The van der Waals surface area contributed by atoms with Crippen molar-refractivity contribution in [3.05, 3.63) is 71.1 Å². The summed E-state index contributed by atoms with van der Waals surface area (Å²) in [4.78, 5) is 0. The molecule has 1 aliphatic rings. The summed E-state index contributed by atoms with van der Waals surface area (Å²) in [6, 6.07) is 17.3. The molecule has 1 aromatic heterocycles. The van der Waals surface area contributed by atoms with Crippen molar-refractivity contribution in [3.8, 4) is 34.7 Å². The van der Waals surface area contributed by atoms with Gasteiger partial charge in [0.2, 0.25) is 11.8 Å². The standard InChI is InChI=1S/C21H18N4O3/c1-26-13-7-5-6-12(10-13)19-18-17(14-8-3-4-9-16(14)27-2)15(11-22)20(23)28-21(18)25-24-19/h3-10,17H,23H2,1-2H3,(H,24,25). The van der Waals surface area contributed by atoms with Crippen molar-refractivity contribution >= 4 is 0 Å². The van der Waals surface area contributed by atoms with Crippen molar-refractivity contribution in [2.24, 2.45) is 5.73 Å². The van der Waals surface area contributed by atoms with Crippen LogP contribution in [0, 0.1) is 11.3 Å². The van der Waals surface area contributed by atoms with Gasteiger partial charge in [0.15, 0.2) is 0 Å². The van der Waals surface area contributed by atoms with E-state index in [0.717, 1.165) is 22.4 Å². The van der Waals surface area contributed by atoms with E-state index in [9.17, 15) is 5.26 Å². The predicted octanol–water partition coefficient (Wildman–Crippen LogP) is 3.31. The smallest absolute Gasteiger partial charge is 0.244 e. The largest absolute Gasteiger partial charge is 0.497 e. The Labute approximate surface area is 162 Å². The number of aromatic nitrogens is 2. The number of ether oxygens (including phenoxy) is 3. The summed E-state index contributed by atoms with van der Waals surface area (Å²) in [5.74, 6) is 1.25. The molecule has 1 unspecified atom stereocenters. The minimum atomic E-state index is -0.482. The number of nitrogens with zero attached hydrogens (tertiary/aromatic N) is 2. The number of methoxy groups -OCH3 is 2. The Bertz CT molecular complexity index is 1110. The summed E-state index contributed by atoms with van der Waals surface area (Å²) in [6.07, 6.45) is 0. The number of aromatic amines is 1. The van der Waals surface area contributed by atoms with Crippen LogP contribution in [-0.2, 0) is 0 Å². The van der Waals surface area contributed by atoms with E-state index in [1.54, 1.807) is 14.2 Å². The van der Waals surface area contributed by atoms with E-state index in [-0.39, 0.29) is 5.88 Å². The van der Waals surface area contributed by atoms with E-state index in [4.69, 9.17) is 19.9 Å². The first kappa shape index (κ1) is 17.5. The van der Waals surface area contributed by atoms with Gasteiger partial charge in [-0.05, 0) is 18.2 Å². The SMILES string of the molecule is COc1cccc(-c2[nH]nc3c2C(c2ccccc2OC)C(C#N)=C(N)O3)c1. The van der Waals surface area contributed by atoms with Crippen molar-refractivity contribution in [1.82, 2.24) is 10.2 Å². The molecule has 0 fully saturated rings. The second-order valence-corrected chi connectivity index (χ2v) is 6.22. The fraction of sp³-hybridized carbons (Fsp3) is 0.143. The molecule has 2 heterocycles. The Balaban J connectivity index is 1.97. The number of allylic oxidation sites excluding steroid dienone is 1. The number of nitrogens with two attached hydrogens (primary N) is 1. The third-order valence-corrected chi connectivity index (χ3v) is 4.75. The predicted molar refractivity (Wildman–Crippen MR) is 103 cm³/mol. The van der Waals surface area contributed by atoms with E-state index in [1.165, 1.54) is 0 Å². The maximum Gasteiger partial charge on any atom is 0.244 e. The molecule has 1 aliphatic heterocycles. The Morgan fingerprint density at radius 3 is 2.71 bits per heavy atom. The number of para-hydroxylation sites is 1. The topological polar surface area (TPSA) is 106 Å². The van der Waals surface area contributed by atoms with Gasteiger partial charge in [0.05, 0.1) is 31.4 Å². The van der Waals surface area contributed by atoms with Gasteiger partial charge in [0, 0.05) is 11.1 Å². The van der Waals surface area contributed by atoms with Gasteiger partial charge in [-0.1, -0.05) is 30.3 Å². The van der Waals surface area contributed by atoms with E-state index < -0.39 is 5.92 Å². The second-order valence-electron chi connectivity index (χ2n) is 6.22. The van der Waals surface area contributed by atoms with Gasteiger partial charge in [0.25, 0.3) is 0 Å². The minimum Gasteiger partial charge on any atom is -0.497 e. The maximum atomic E-state index is 9.80. The molecule has 2 aromatic carbocycles. The summed E-state index contributed by atoms with van der Waals surface area (Å²) in [6.45, 7) is 0. The highest BCUT2D eigenvalue weighted by molar-refractivity contribution is 5.72. The lowest BCUT2D eigenvalue weighted by Crippen LogP contribution is -2.21. The molecule has 3 N–H and O–H groups in total. The highest BCUT2D eigenvalue weighted by atomic mass is 16.5. The number of rotatable bonds is 4. The lowest BCUT2D eigenvalue weighted by atomic mass is 9.82. The maximum absolute atomic E-state index is 9.80. The fourth-order valence-corrected chi connectivity index (χ4v) is 3.46. The zero-order valence-corrected chi connectivity index (χ0v) is 15.4. The molecule has 0 radical (unpaired) electrons. The van der Waals surface area contributed by atoms with E-state index in [2.05, 4.69) is 16.3 Å². The molecule has 0 amide bonds. The van der Waals surface area contributed by atoms with Gasteiger partial charge in [-0.3, -0.25) is 5.10 Å². The van der Waals surface area contributed by atoms with Crippen molar-refractivity contribution in [2.75, 3.05) is 14.2 Å². The summed E-state index contributed by atoms with van der Waals surface area (Å²) in [5.41, 5.74) is 9.46. The van der Waals surface area contributed by atoms with Crippen LogP contribution in [0.5, 0.6) is 17.4 Å². The molecular weight excluding hydrogens is 356 g/mol. The van der Waals surface area contributed by atoms with Crippen molar-refractivity contribution in [1.29, 1.82) is 5.26 Å². The molecule has 7 nitrogen and oxygen atoms in total. The van der Waals surface area contributed by atoms with Gasteiger partial charge in [-0.2, -0.15) is 5.26 Å². The van der Waals surface area contributed by atoms with Gasteiger partial charge >= 0.3 is 0 Å². The third-order valence-electron chi connectivity index (χ3n) is 4.75. The molecular formula is C21H18N4O3. The van der Waals surface area contributed by atoms with Crippen molar-refractivity contribution < 1.29 is 14.2 Å². The minimum absolute atomic E-state index is 0.0367. The van der Waals surface area contributed by atoms with E-state index >= 15 is 0 Å². The molecule has 0 saturated heterocycles. The van der Waals surface area contributed by atoms with Gasteiger partial charge in [-0.15, -0.1) is 5.10 Å². The molecule has 3 aromatic rings. The van der Waals surface area contributed by atoms with Crippen LogP contribution in [0.3, 0.4) is 0 Å². The molecule has 7 heteroatoms. The molecule has 0 aliphatic carbocycles. The van der Waals surface area contributed by atoms with Crippen LogP contribution in [0.15, 0.2) is 60.0 Å². The van der Waals surface area contributed by atoms with Crippen molar-refractivity contribution in [3.63, 3.8) is 0 Å². The lowest BCUT2D eigenvalue weighted by Gasteiger charge is -2.25.